The van der Waals surface area contributed by atoms with Gasteiger partial charge in [-0.2, -0.15) is 0 Å². The van der Waals surface area contributed by atoms with Crippen LogP contribution in [0.3, 0.4) is 0 Å². The van der Waals surface area contributed by atoms with Crippen LogP contribution in [0.5, 0.6) is 5.75 Å². The molecular formula is C13H12ClNO2. The first kappa shape index (κ1) is 11.7. The normalized spacial score (nSPS) is 10.3. The zero-order valence-corrected chi connectivity index (χ0v) is 10.4. The fraction of sp³-hybridized carbons (Fsp3) is 0.154. The fourth-order valence-corrected chi connectivity index (χ4v) is 1.80. The number of rotatable bonds is 2. The number of nitrogens with zero attached hydrogens (tertiary/aromatic N) is 1. The van der Waals surface area contributed by atoms with Gasteiger partial charge >= 0.3 is 0 Å². The summed E-state index contributed by atoms with van der Waals surface area (Å²) in [7, 11) is 3.20. The third-order valence-electron chi connectivity index (χ3n) is 2.63. The maximum Gasteiger partial charge on any atom is 0.293 e. The lowest BCUT2D eigenvalue weighted by Gasteiger charge is -2.09. The highest BCUT2D eigenvalue weighted by Gasteiger charge is 2.07. The Bertz CT molecular complexity index is 587. The van der Waals surface area contributed by atoms with Gasteiger partial charge in [-0.3, -0.25) is 4.79 Å². The largest absolute Gasteiger partial charge is 0.491 e. The monoisotopic (exact) mass is 249 g/mol. The molecule has 2 aromatic rings. The van der Waals surface area contributed by atoms with Crippen molar-refractivity contribution < 1.29 is 4.74 Å². The van der Waals surface area contributed by atoms with Crippen molar-refractivity contribution in [2.45, 2.75) is 0 Å². The van der Waals surface area contributed by atoms with Crippen LogP contribution in [0, 0.1) is 0 Å². The van der Waals surface area contributed by atoms with Crippen LogP contribution in [0.4, 0.5) is 0 Å². The van der Waals surface area contributed by atoms with Gasteiger partial charge in [0, 0.05) is 12.1 Å². The molecule has 0 aliphatic heterocycles. The van der Waals surface area contributed by atoms with E-state index in [1.54, 1.807) is 29.8 Å². The first-order chi connectivity index (χ1) is 8.13. The summed E-state index contributed by atoms with van der Waals surface area (Å²) < 4.78 is 6.54. The van der Waals surface area contributed by atoms with E-state index in [1.807, 2.05) is 18.2 Å². The van der Waals surface area contributed by atoms with Crippen molar-refractivity contribution in [3.05, 3.63) is 51.8 Å². The van der Waals surface area contributed by atoms with E-state index < -0.39 is 0 Å². The standard InChI is InChI=1S/C13H12ClNO2/c1-15-11(7-8-12(17-2)13(15)16)9-3-5-10(14)6-4-9/h3-8H,1-2H3. The average molecular weight is 250 g/mol. The Labute approximate surface area is 104 Å². The molecule has 0 saturated heterocycles. The zero-order valence-electron chi connectivity index (χ0n) is 9.61. The Morgan fingerprint density at radius 1 is 1.12 bits per heavy atom. The van der Waals surface area contributed by atoms with E-state index in [0.717, 1.165) is 11.3 Å². The summed E-state index contributed by atoms with van der Waals surface area (Å²) in [5.74, 6) is 0.338. The molecule has 4 heteroatoms. The molecule has 0 aliphatic carbocycles. The Morgan fingerprint density at radius 2 is 1.76 bits per heavy atom. The van der Waals surface area contributed by atoms with Gasteiger partial charge in [-0.05, 0) is 29.8 Å². The number of pyridine rings is 1. The smallest absolute Gasteiger partial charge is 0.293 e. The maximum atomic E-state index is 11.9. The second-order valence-electron chi connectivity index (χ2n) is 3.66. The molecule has 1 heterocycles. The van der Waals surface area contributed by atoms with Crippen molar-refractivity contribution in [3.63, 3.8) is 0 Å². The minimum Gasteiger partial charge on any atom is -0.491 e. The summed E-state index contributed by atoms with van der Waals surface area (Å²) in [5, 5.41) is 0.673. The molecule has 17 heavy (non-hydrogen) atoms. The maximum absolute atomic E-state index is 11.9. The predicted molar refractivity (Wildman–Crippen MR) is 68.7 cm³/mol. The number of aromatic nitrogens is 1. The molecule has 88 valence electrons. The van der Waals surface area contributed by atoms with Crippen molar-refractivity contribution in [1.29, 1.82) is 0 Å². The number of halogens is 1. The Morgan fingerprint density at radius 3 is 2.35 bits per heavy atom. The second kappa shape index (κ2) is 4.63. The molecule has 0 amide bonds. The third kappa shape index (κ3) is 2.19. The molecule has 0 aliphatic rings. The van der Waals surface area contributed by atoms with Crippen LogP contribution in [-0.4, -0.2) is 11.7 Å². The molecule has 1 aromatic carbocycles. The summed E-state index contributed by atoms with van der Waals surface area (Å²) in [6.45, 7) is 0. The Hall–Kier alpha value is -1.74. The molecule has 0 N–H and O–H groups in total. The lowest BCUT2D eigenvalue weighted by Crippen LogP contribution is -2.19. The van der Waals surface area contributed by atoms with Crippen molar-refractivity contribution in [3.8, 4) is 17.0 Å². The summed E-state index contributed by atoms with van der Waals surface area (Å²) in [6, 6.07) is 10.9. The van der Waals surface area contributed by atoms with Gasteiger partial charge in [-0.25, -0.2) is 0 Å². The van der Waals surface area contributed by atoms with Gasteiger partial charge in [0.25, 0.3) is 5.56 Å². The van der Waals surface area contributed by atoms with Crippen LogP contribution in [0.1, 0.15) is 0 Å². The molecule has 0 bridgehead atoms. The van der Waals surface area contributed by atoms with Gasteiger partial charge in [0.05, 0.1) is 12.8 Å². The molecular weight excluding hydrogens is 238 g/mol. The second-order valence-corrected chi connectivity index (χ2v) is 4.09. The lowest BCUT2D eigenvalue weighted by atomic mass is 10.1. The van der Waals surface area contributed by atoms with Gasteiger partial charge in [0.2, 0.25) is 0 Å². The number of ether oxygens (including phenoxy) is 1. The lowest BCUT2D eigenvalue weighted by molar-refractivity contribution is 0.405. The summed E-state index contributed by atoms with van der Waals surface area (Å²) in [6.07, 6.45) is 0. The van der Waals surface area contributed by atoms with Crippen LogP contribution >= 0.6 is 11.6 Å². The van der Waals surface area contributed by atoms with Crippen molar-refractivity contribution in [1.82, 2.24) is 4.57 Å². The van der Waals surface area contributed by atoms with E-state index in [4.69, 9.17) is 16.3 Å². The number of benzene rings is 1. The first-order valence-electron chi connectivity index (χ1n) is 5.13. The first-order valence-corrected chi connectivity index (χ1v) is 5.51. The van der Waals surface area contributed by atoms with Crippen molar-refractivity contribution >= 4 is 11.6 Å². The van der Waals surface area contributed by atoms with Gasteiger partial charge in [-0.1, -0.05) is 23.7 Å². The molecule has 0 atom stereocenters. The van der Waals surface area contributed by atoms with Crippen LogP contribution in [-0.2, 0) is 7.05 Å². The topological polar surface area (TPSA) is 31.2 Å². The highest BCUT2D eigenvalue weighted by molar-refractivity contribution is 6.30. The van der Waals surface area contributed by atoms with Gasteiger partial charge in [0.1, 0.15) is 0 Å². The quantitative estimate of drug-likeness (QED) is 0.820. The summed E-state index contributed by atoms with van der Waals surface area (Å²) in [4.78, 5) is 11.9. The Balaban J connectivity index is 2.57. The SMILES string of the molecule is COc1ccc(-c2ccc(Cl)cc2)n(C)c1=O. The molecule has 3 nitrogen and oxygen atoms in total. The van der Waals surface area contributed by atoms with E-state index >= 15 is 0 Å². The molecule has 1 aromatic heterocycles. The van der Waals surface area contributed by atoms with Crippen LogP contribution in [0.2, 0.25) is 5.02 Å². The van der Waals surface area contributed by atoms with Gasteiger partial charge in [0.15, 0.2) is 5.75 Å². The van der Waals surface area contributed by atoms with Gasteiger partial charge in [-0.15, -0.1) is 0 Å². The molecule has 0 spiro atoms. The van der Waals surface area contributed by atoms with E-state index in [-0.39, 0.29) is 5.56 Å². The average Bonchev–Trinajstić information content (AvgIpc) is 2.34. The van der Waals surface area contributed by atoms with Gasteiger partial charge < -0.3 is 9.30 Å². The van der Waals surface area contributed by atoms with E-state index in [9.17, 15) is 4.79 Å². The molecule has 0 fully saturated rings. The van der Waals surface area contributed by atoms with Crippen LogP contribution in [0.15, 0.2) is 41.2 Å². The van der Waals surface area contributed by atoms with Crippen molar-refractivity contribution in [2.75, 3.05) is 7.11 Å². The van der Waals surface area contributed by atoms with E-state index in [2.05, 4.69) is 0 Å². The third-order valence-corrected chi connectivity index (χ3v) is 2.88. The molecule has 0 saturated carbocycles. The van der Waals surface area contributed by atoms with Crippen molar-refractivity contribution in [2.24, 2.45) is 7.05 Å². The van der Waals surface area contributed by atoms with E-state index in [1.165, 1.54) is 7.11 Å². The van der Waals surface area contributed by atoms with Crippen LogP contribution < -0.4 is 10.3 Å². The number of methoxy groups -OCH3 is 1. The summed E-state index contributed by atoms with van der Waals surface area (Å²) >= 11 is 5.83. The predicted octanol–water partition coefficient (Wildman–Crippen LogP) is 2.71. The fourth-order valence-electron chi connectivity index (χ4n) is 1.68. The minimum absolute atomic E-state index is 0.153. The molecule has 0 radical (unpaired) electrons. The molecule has 2 rings (SSSR count). The minimum atomic E-state index is -0.153. The number of hydrogen-bond acceptors (Lipinski definition) is 2. The zero-order chi connectivity index (χ0) is 12.4. The Kier molecular flexibility index (Phi) is 3.20. The van der Waals surface area contributed by atoms with Crippen LogP contribution in [0.25, 0.3) is 11.3 Å². The highest BCUT2D eigenvalue weighted by Crippen LogP contribution is 2.21. The highest BCUT2D eigenvalue weighted by atomic mass is 35.5. The number of hydrogen-bond donors (Lipinski definition) is 0. The van der Waals surface area contributed by atoms with E-state index in [0.29, 0.717) is 10.8 Å². The summed E-state index contributed by atoms with van der Waals surface area (Å²) in [5.41, 5.74) is 1.61. The molecule has 0 unspecified atom stereocenters.